The average molecular weight is 782 g/mol. The molecule has 8 aromatic carbocycles. The molecule has 0 spiro atoms. The van der Waals surface area contributed by atoms with Gasteiger partial charge in [-0.05, 0) is 86.6 Å². The van der Waals surface area contributed by atoms with Crippen LogP contribution in [0.15, 0.2) is 176 Å². The maximum absolute atomic E-state index is 11.1. The zero-order chi connectivity index (χ0) is 40.8. The summed E-state index contributed by atoms with van der Waals surface area (Å²) < 4.78 is 6.74. The first-order valence-corrected chi connectivity index (χ1v) is 20.4. The van der Waals surface area contributed by atoms with Gasteiger partial charge in [-0.2, -0.15) is 15.2 Å². The van der Waals surface area contributed by atoms with Gasteiger partial charge in [-0.1, -0.05) is 114 Å². The molecular formula is C54H35N7. The quantitative estimate of drug-likeness (QED) is 0.174. The molecule has 0 unspecified atom stereocenters. The van der Waals surface area contributed by atoms with Crippen molar-refractivity contribution in [1.29, 1.82) is 5.26 Å². The number of nitrogens with zero attached hydrogens (tertiary/aromatic N) is 7. The molecule has 7 heteroatoms. The molecule has 0 aliphatic carbocycles. The molecule has 0 radical (unpaired) electrons. The number of hydrogen-bond acceptors (Lipinski definition) is 4. The first-order chi connectivity index (χ1) is 30.0. The first-order valence-electron chi connectivity index (χ1n) is 20.4. The van der Waals surface area contributed by atoms with Crippen molar-refractivity contribution in [2.24, 2.45) is 0 Å². The van der Waals surface area contributed by atoms with Crippen LogP contribution in [-0.4, -0.2) is 28.7 Å². The molecule has 4 heterocycles. The van der Waals surface area contributed by atoms with Crippen molar-refractivity contribution in [3.05, 3.63) is 193 Å². The third-order valence-corrected chi connectivity index (χ3v) is 12.0. The molecule has 0 saturated heterocycles. The van der Waals surface area contributed by atoms with E-state index in [9.17, 15) is 5.26 Å². The minimum Gasteiger partial charge on any atom is -0.309 e. The Morgan fingerprint density at radius 3 is 1.69 bits per heavy atom. The maximum atomic E-state index is 11.1. The SMILES string of the molecule is Cc1ccc2c(c1)c1cc(C)ccc1n2-c1nc(-c2ccccc2)nc(-c2ccc(-n3c4ccccc4c4ccc5c(c6ccccc6n5-c5ccccc5)c43)c(C#N)c2)n1. The van der Waals surface area contributed by atoms with E-state index in [1.165, 1.54) is 11.1 Å². The standard InChI is InChI=1S/C54H35N7/c1-33-21-25-47-42(29-33)43-30-34(2)22-26-48(43)61(47)54-57-52(35-13-5-3-6-14-35)56-53(58-54)36-23-27-44(37(31-36)32-55)60-45-19-11-9-17-39(45)40-24-28-49-50(51(40)60)41-18-10-12-20-46(41)59(49)38-15-7-4-8-16-38/h3-31H,1-2H3. The van der Waals surface area contributed by atoms with Crippen LogP contribution in [0.3, 0.4) is 0 Å². The van der Waals surface area contributed by atoms with Gasteiger partial charge in [-0.25, -0.2) is 4.98 Å². The Kier molecular flexibility index (Phi) is 7.59. The molecule has 286 valence electrons. The predicted molar refractivity (Wildman–Crippen MR) is 248 cm³/mol. The summed E-state index contributed by atoms with van der Waals surface area (Å²) in [5.74, 6) is 1.55. The highest BCUT2D eigenvalue weighted by molar-refractivity contribution is 6.26. The Bertz CT molecular complexity index is 3730. The lowest BCUT2D eigenvalue weighted by Gasteiger charge is -2.14. The van der Waals surface area contributed by atoms with E-state index in [1.807, 2.05) is 54.6 Å². The topological polar surface area (TPSA) is 77.2 Å². The number of benzene rings is 8. The molecule has 0 saturated carbocycles. The van der Waals surface area contributed by atoms with Crippen molar-refractivity contribution >= 4 is 65.4 Å². The minimum atomic E-state index is 0.483. The van der Waals surface area contributed by atoms with Crippen molar-refractivity contribution < 1.29 is 0 Å². The second-order valence-corrected chi connectivity index (χ2v) is 15.8. The molecule has 0 atom stereocenters. The summed E-state index contributed by atoms with van der Waals surface area (Å²) in [6, 6.07) is 63.6. The van der Waals surface area contributed by atoms with Crippen LogP contribution in [0.1, 0.15) is 16.7 Å². The highest BCUT2D eigenvalue weighted by atomic mass is 15.2. The summed E-state index contributed by atoms with van der Waals surface area (Å²) in [6.07, 6.45) is 0. The van der Waals surface area contributed by atoms with Crippen LogP contribution >= 0.6 is 0 Å². The van der Waals surface area contributed by atoms with E-state index in [4.69, 9.17) is 15.0 Å². The van der Waals surface area contributed by atoms with Gasteiger partial charge in [0.2, 0.25) is 5.95 Å². The highest BCUT2D eigenvalue weighted by Crippen LogP contribution is 2.43. The van der Waals surface area contributed by atoms with Crippen LogP contribution in [0.25, 0.3) is 106 Å². The summed E-state index contributed by atoms with van der Waals surface area (Å²) in [6.45, 7) is 4.24. The van der Waals surface area contributed by atoms with Gasteiger partial charge in [0.15, 0.2) is 11.6 Å². The van der Waals surface area contributed by atoms with E-state index < -0.39 is 0 Å². The molecule has 12 rings (SSSR count). The monoisotopic (exact) mass is 781 g/mol. The Balaban J connectivity index is 1.11. The molecule has 61 heavy (non-hydrogen) atoms. The van der Waals surface area contributed by atoms with E-state index in [1.54, 1.807) is 0 Å². The predicted octanol–water partition coefficient (Wildman–Crippen LogP) is 13.0. The molecule has 4 aromatic heterocycles. The van der Waals surface area contributed by atoms with Crippen LogP contribution in [0.5, 0.6) is 0 Å². The number of para-hydroxylation sites is 3. The average Bonchev–Trinajstić information content (AvgIpc) is 3.94. The number of aromatic nitrogens is 6. The second kappa shape index (κ2) is 13.3. The lowest BCUT2D eigenvalue weighted by atomic mass is 10.1. The van der Waals surface area contributed by atoms with Gasteiger partial charge in [0.05, 0.1) is 44.4 Å². The van der Waals surface area contributed by atoms with Crippen LogP contribution < -0.4 is 0 Å². The molecule has 0 bridgehead atoms. The number of rotatable bonds is 5. The molecule has 0 N–H and O–H groups in total. The minimum absolute atomic E-state index is 0.483. The van der Waals surface area contributed by atoms with Crippen molar-refractivity contribution in [1.82, 2.24) is 28.7 Å². The van der Waals surface area contributed by atoms with Gasteiger partial charge < -0.3 is 9.13 Å². The van der Waals surface area contributed by atoms with E-state index in [-0.39, 0.29) is 0 Å². The third kappa shape index (κ3) is 5.26. The van der Waals surface area contributed by atoms with E-state index in [2.05, 4.69) is 155 Å². The van der Waals surface area contributed by atoms with E-state index in [0.717, 1.165) is 87.9 Å². The fraction of sp³-hybridized carbons (Fsp3) is 0.0370. The van der Waals surface area contributed by atoms with Gasteiger partial charge in [-0.15, -0.1) is 0 Å². The number of aryl methyl sites for hydroxylation is 2. The third-order valence-electron chi connectivity index (χ3n) is 12.0. The Hall–Kier alpha value is -8.34. The lowest BCUT2D eigenvalue weighted by molar-refractivity contribution is 0.953. The highest BCUT2D eigenvalue weighted by Gasteiger charge is 2.23. The smallest absolute Gasteiger partial charge is 0.238 e. The molecule has 12 aromatic rings. The van der Waals surface area contributed by atoms with Gasteiger partial charge in [0, 0.05) is 49.1 Å². The van der Waals surface area contributed by atoms with Gasteiger partial charge in [0.25, 0.3) is 0 Å². The Morgan fingerprint density at radius 1 is 0.426 bits per heavy atom. The summed E-state index contributed by atoms with van der Waals surface area (Å²) in [7, 11) is 0. The molecule has 7 nitrogen and oxygen atoms in total. The summed E-state index contributed by atoms with van der Waals surface area (Å²) >= 11 is 0. The Labute approximate surface area is 350 Å². The maximum Gasteiger partial charge on any atom is 0.238 e. The van der Waals surface area contributed by atoms with Gasteiger partial charge in [-0.3, -0.25) is 4.57 Å². The van der Waals surface area contributed by atoms with E-state index in [0.29, 0.717) is 23.2 Å². The lowest BCUT2D eigenvalue weighted by Crippen LogP contribution is -2.07. The van der Waals surface area contributed by atoms with Crippen LogP contribution in [-0.2, 0) is 0 Å². The first kappa shape index (κ1) is 34.7. The van der Waals surface area contributed by atoms with Crippen LogP contribution in [0.2, 0.25) is 0 Å². The van der Waals surface area contributed by atoms with Crippen molar-refractivity contribution in [2.75, 3.05) is 0 Å². The van der Waals surface area contributed by atoms with Gasteiger partial charge >= 0.3 is 0 Å². The van der Waals surface area contributed by atoms with E-state index >= 15 is 0 Å². The fourth-order valence-electron chi connectivity index (χ4n) is 9.35. The largest absolute Gasteiger partial charge is 0.309 e. The van der Waals surface area contributed by atoms with Crippen LogP contribution in [0, 0.1) is 25.2 Å². The molecule has 0 fully saturated rings. The fourth-order valence-corrected chi connectivity index (χ4v) is 9.35. The number of hydrogen-bond donors (Lipinski definition) is 0. The molecule has 0 aliphatic heterocycles. The summed E-state index contributed by atoms with van der Waals surface area (Å²) in [4.78, 5) is 15.4. The normalized spacial score (nSPS) is 11.8. The van der Waals surface area contributed by atoms with Crippen molar-refractivity contribution in [3.63, 3.8) is 0 Å². The summed E-state index contributed by atoms with van der Waals surface area (Å²) in [5.41, 5.74) is 12.7. The van der Waals surface area contributed by atoms with Crippen molar-refractivity contribution in [2.45, 2.75) is 13.8 Å². The van der Waals surface area contributed by atoms with Gasteiger partial charge in [0.1, 0.15) is 6.07 Å². The number of nitriles is 1. The summed E-state index contributed by atoms with van der Waals surface area (Å²) in [5, 5.41) is 17.9. The second-order valence-electron chi connectivity index (χ2n) is 15.8. The number of fused-ring (bicyclic) bond motifs is 10. The Morgan fingerprint density at radius 2 is 1.00 bits per heavy atom. The molecule has 0 amide bonds. The zero-order valence-electron chi connectivity index (χ0n) is 33.4. The molecule has 0 aliphatic rings. The van der Waals surface area contributed by atoms with Crippen molar-refractivity contribution in [3.8, 4) is 46.2 Å². The van der Waals surface area contributed by atoms with Crippen LogP contribution in [0.4, 0.5) is 0 Å². The molecular weight excluding hydrogens is 747 g/mol. The zero-order valence-corrected chi connectivity index (χ0v) is 33.4.